The molecule has 1 aromatic heterocycles. The summed E-state index contributed by atoms with van der Waals surface area (Å²) in [6.45, 7) is 7.68. The second-order valence-electron chi connectivity index (χ2n) is 12.8. The van der Waals surface area contributed by atoms with E-state index in [0.717, 1.165) is 4.88 Å². The normalized spacial score (nSPS) is 13.1. The van der Waals surface area contributed by atoms with Crippen molar-refractivity contribution < 1.29 is 38.6 Å². The molecule has 0 spiro atoms. The van der Waals surface area contributed by atoms with Gasteiger partial charge in [-0.05, 0) is 63.4 Å². The van der Waals surface area contributed by atoms with Crippen molar-refractivity contribution in [1.82, 2.24) is 4.90 Å². The highest BCUT2D eigenvalue weighted by atomic mass is 35.5. The Hall–Kier alpha value is -3.98. The zero-order chi connectivity index (χ0) is 39.5. The van der Waals surface area contributed by atoms with Crippen molar-refractivity contribution in [3.8, 4) is 0 Å². The van der Waals surface area contributed by atoms with Gasteiger partial charge < -0.3 is 30.1 Å². The highest BCUT2D eigenvalue weighted by molar-refractivity contribution is 8.00. The fraction of sp³-hybridized carbons (Fsp3) is 0.270. The first-order valence-electron chi connectivity index (χ1n) is 16.3. The number of nitrogens with zero attached hydrogens (tertiary/aromatic N) is 1. The Labute approximate surface area is 339 Å². The number of amides is 3. The van der Waals surface area contributed by atoms with Crippen LogP contribution in [0.25, 0.3) is 0 Å². The number of esters is 1. The van der Waals surface area contributed by atoms with Gasteiger partial charge in [-0.1, -0.05) is 82.8 Å². The maximum absolute atomic E-state index is 14.2. The fourth-order valence-corrected chi connectivity index (χ4v) is 8.85. The smallest absolute Gasteiger partial charge is 0.410 e. The Morgan fingerprint density at radius 1 is 0.907 bits per heavy atom. The third kappa shape index (κ3) is 9.27. The number of carboxylic acids is 1. The van der Waals surface area contributed by atoms with Crippen molar-refractivity contribution in [2.75, 3.05) is 23.8 Å². The van der Waals surface area contributed by atoms with E-state index in [9.17, 15) is 29.1 Å². The van der Waals surface area contributed by atoms with E-state index in [1.807, 2.05) is 6.07 Å². The number of carbonyl (C=O) groups excluding carboxylic acids is 4. The lowest BCUT2D eigenvalue weighted by molar-refractivity contribution is -0.115. The molecule has 1 atom stereocenters. The van der Waals surface area contributed by atoms with E-state index < -0.39 is 56.8 Å². The number of aromatic carboxylic acids is 1. The lowest BCUT2D eigenvalue weighted by atomic mass is 10.0. The van der Waals surface area contributed by atoms with Crippen LogP contribution in [0, 0.1) is 0 Å². The third-order valence-corrected chi connectivity index (χ3v) is 12.0. The van der Waals surface area contributed by atoms with Crippen LogP contribution in [0.3, 0.4) is 0 Å². The van der Waals surface area contributed by atoms with Crippen LogP contribution < -0.4 is 10.6 Å². The van der Waals surface area contributed by atoms with Gasteiger partial charge in [0, 0.05) is 22.0 Å². The molecule has 1 aliphatic rings. The number of halogens is 4. The van der Waals surface area contributed by atoms with Gasteiger partial charge in [-0.2, -0.15) is 0 Å². The minimum absolute atomic E-state index is 0.123. The fourth-order valence-electron chi connectivity index (χ4n) is 5.49. The van der Waals surface area contributed by atoms with Gasteiger partial charge >= 0.3 is 18.0 Å². The molecule has 0 bridgehead atoms. The summed E-state index contributed by atoms with van der Waals surface area (Å²) in [5.74, 6) is -3.48. The summed E-state index contributed by atoms with van der Waals surface area (Å²) in [5.41, 5.74) is 0.0644. The number of thiophene rings is 1. The van der Waals surface area contributed by atoms with E-state index in [1.165, 1.54) is 23.1 Å². The number of fused-ring (bicyclic) bond motifs is 1. The largest absolute Gasteiger partial charge is 0.478 e. The van der Waals surface area contributed by atoms with Crippen molar-refractivity contribution in [2.24, 2.45) is 0 Å². The Kier molecular flexibility index (Phi) is 13.1. The average Bonchev–Trinajstić information content (AvgIpc) is 3.47. The predicted molar refractivity (Wildman–Crippen MR) is 212 cm³/mol. The first-order valence-corrected chi connectivity index (χ1v) is 19.5. The van der Waals surface area contributed by atoms with Gasteiger partial charge in [0.25, 0.3) is 5.91 Å². The molecule has 0 saturated heterocycles. The number of nitrogens with one attached hydrogen (secondary N) is 2. The maximum atomic E-state index is 14.2. The van der Waals surface area contributed by atoms with Crippen LogP contribution in [-0.4, -0.2) is 58.6 Å². The number of carboxylic acid groups (broad SMARTS) is 1. The van der Waals surface area contributed by atoms with Crippen LogP contribution in [0.2, 0.25) is 20.1 Å². The van der Waals surface area contributed by atoms with Gasteiger partial charge in [-0.3, -0.25) is 9.59 Å². The summed E-state index contributed by atoms with van der Waals surface area (Å²) in [7, 11) is 0. The molecular formula is C37H33Cl4N3O8S2. The molecule has 0 radical (unpaired) electrons. The van der Waals surface area contributed by atoms with E-state index >= 15 is 0 Å². The Morgan fingerprint density at radius 2 is 1.57 bits per heavy atom. The molecule has 284 valence electrons. The third-order valence-electron chi connectivity index (χ3n) is 7.82. The number of anilines is 2. The molecule has 1 unspecified atom stereocenters. The van der Waals surface area contributed by atoms with Crippen molar-refractivity contribution in [2.45, 2.75) is 56.4 Å². The highest BCUT2D eigenvalue weighted by Gasteiger charge is 2.34. The van der Waals surface area contributed by atoms with Crippen molar-refractivity contribution >= 4 is 110 Å². The number of hydrogen-bond acceptors (Lipinski definition) is 9. The monoisotopic (exact) mass is 851 g/mol. The minimum atomic E-state index is -1.54. The number of thioether (sulfide) groups is 1. The molecule has 3 amide bonds. The molecule has 3 N–H and O–H groups in total. The second-order valence-corrected chi connectivity index (χ2v) is 16.6. The second kappa shape index (κ2) is 17.2. The zero-order valence-electron chi connectivity index (χ0n) is 29.2. The summed E-state index contributed by atoms with van der Waals surface area (Å²) in [5, 5.41) is 13.4. The predicted octanol–water partition coefficient (Wildman–Crippen LogP) is 10.3. The lowest BCUT2D eigenvalue weighted by Gasteiger charge is -2.30. The Balaban J connectivity index is 1.44. The molecule has 5 rings (SSSR count). The van der Waals surface area contributed by atoms with Crippen LogP contribution in [0.1, 0.15) is 80.0 Å². The standard InChI is InChI=1S/C37H33Cl4N3O8S2/c1-5-51-35(49)23-21-14-15-44(36(50)52-37(2,3)4)17-22(21)54-33(23)43-32(46)30(18-10-7-6-8-11-18)53-20-13-9-12-19(16-20)42-31(45)24-25(34(47)48)27(39)29(41)28(40)26(24)38/h6-13,16,30H,5,14-15,17H2,1-4H3,(H,42,45)(H,43,46)(H,47,48). The van der Waals surface area contributed by atoms with E-state index in [1.54, 1.807) is 81.1 Å². The van der Waals surface area contributed by atoms with Crippen molar-refractivity contribution in [1.29, 1.82) is 0 Å². The van der Waals surface area contributed by atoms with Crippen LogP contribution in [0.15, 0.2) is 59.5 Å². The Morgan fingerprint density at radius 3 is 2.20 bits per heavy atom. The molecule has 2 heterocycles. The molecule has 1 aliphatic heterocycles. The van der Waals surface area contributed by atoms with Crippen LogP contribution in [0.5, 0.6) is 0 Å². The van der Waals surface area contributed by atoms with Crippen LogP contribution >= 0.6 is 69.5 Å². The SMILES string of the molecule is CCOC(=O)c1c(NC(=O)C(Sc2cccc(NC(=O)c3c(Cl)c(Cl)c(Cl)c(Cl)c3C(=O)O)c2)c2ccccc2)sc2c1CCN(C(=O)OC(C)(C)C)C2. The van der Waals surface area contributed by atoms with E-state index in [0.29, 0.717) is 34.0 Å². The number of rotatable bonds is 10. The van der Waals surface area contributed by atoms with Crippen molar-refractivity contribution in [3.63, 3.8) is 0 Å². The minimum Gasteiger partial charge on any atom is -0.478 e. The van der Waals surface area contributed by atoms with Gasteiger partial charge in [0.2, 0.25) is 5.91 Å². The lowest BCUT2D eigenvalue weighted by Crippen LogP contribution is -2.39. The van der Waals surface area contributed by atoms with E-state index in [4.69, 9.17) is 55.9 Å². The molecule has 54 heavy (non-hydrogen) atoms. The zero-order valence-corrected chi connectivity index (χ0v) is 33.8. The first kappa shape index (κ1) is 41.2. The van der Waals surface area contributed by atoms with Crippen molar-refractivity contribution in [3.05, 3.63) is 107 Å². The summed E-state index contributed by atoms with van der Waals surface area (Å²) in [6.07, 6.45) is -0.118. The van der Waals surface area contributed by atoms with Gasteiger partial charge in [0.05, 0.1) is 49.9 Å². The number of hydrogen-bond donors (Lipinski definition) is 3. The topological polar surface area (TPSA) is 151 Å². The van der Waals surface area contributed by atoms with Gasteiger partial charge in [0.1, 0.15) is 15.9 Å². The molecule has 17 heteroatoms. The summed E-state index contributed by atoms with van der Waals surface area (Å²) < 4.78 is 11.0. The highest BCUT2D eigenvalue weighted by Crippen LogP contribution is 2.43. The van der Waals surface area contributed by atoms with Gasteiger partial charge in [0.15, 0.2) is 0 Å². The van der Waals surface area contributed by atoms with E-state index in [2.05, 4.69) is 10.6 Å². The number of ether oxygens (including phenoxy) is 2. The quantitative estimate of drug-likeness (QED) is 0.0613. The number of carbonyl (C=O) groups is 5. The first-order chi connectivity index (χ1) is 25.5. The maximum Gasteiger partial charge on any atom is 0.410 e. The average molecular weight is 854 g/mol. The molecule has 3 aromatic carbocycles. The molecule has 0 fully saturated rings. The Bertz CT molecular complexity index is 2140. The number of benzene rings is 3. The molecule has 0 saturated carbocycles. The molecular weight excluding hydrogens is 820 g/mol. The summed E-state index contributed by atoms with van der Waals surface area (Å²) in [4.78, 5) is 68.7. The molecule has 0 aliphatic carbocycles. The van der Waals surface area contributed by atoms with Crippen LogP contribution in [-0.2, 0) is 27.2 Å². The summed E-state index contributed by atoms with van der Waals surface area (Å²) >= 11 is 27.0. The van der Waals surface area contributed by atoms with Gasteiger partial charge in [-0.15, -0.1) is 23.1 Å². The summed E-state index contributed by atoms with van der Waals surface area (Å²) in [6, 6.07) is 15.5. The van der Waals surface area contributed by atoms with Crippen LogP contribution in [0.4, 0.5) is 15.5 Å². The molecule has 11 nitrogen and oxygen atoms in total. The molecule has 4 aromatic rings. The van der Waals surface area contributed by atoms with E-state index in [-0.39, 0.29) is 39.5 Å². The van der Waals surface area contributed by atoms with Gasteiger partial charge in [-0.25, -0.2) is 14.4 Å².